The molecule has 0 unspecified atom stereocenters. The molecule has 0 saturated carbocycles. The minimum Gasteiger partial charge on any atom is -0.454 e. The molecule has 0 bridgehead atoms. The smallest absolute Gasteiger partial charge is 0.231 e. The lowest BCUT2D eigenvalue weighted by molar-refractivity contribution is -0.132. The number of nitrogens with zero attached hydrogens (tertiary/aromatic N) is 6. The van der Waals surface area contributed by atoms with Gasteiger partial charge in [-0.05, 0) is 42.0 Å². The summed E-state index contributed by atoms with van der Waals surface area (Å²) in [5, 5.41) is 3.51. The number of anilines is 2. The van der Waals surface area contributed by atoms with Crippen molar-refractivity contribution < 1.29 is 14.3 Å². The minimum atomic E-state index is -0.0361. The van der Waals surface area contributed by atoms with E-state index in [9.17, 15) is 4.79 Å². The van der Waals surface area contributed by atoms with Crippen molar-refractivity contribution in [3.05, 3.63) is 65.5 Å². The molecule has 1 amide bonds. The third kappa shape index (κ3) is 6.27. The molecule has 0 radical (unpaired) electrons. The zero-order valence-corrected chi connectivity index (χ0v) is 24.9. The maximum atomic E-state index is 13.0. The second-order valence-electron chi connectivity index (χ2n) is 12.4. The van der Waals surface area contributed by atoms with Crippen LogP contribution in [0.5, 0.6) is 11.5 Å². The molecular formula is C32H39N7O3. The molecule has 42 heavy (non-hydrogen) atoms. The Morgan fingerprint density at radius 3 is 2.55 bits per heavy atom. The second kappa shape index (κ2) is 11.5. The second-order valence-corrected chi connectivity index (χ2v) is 12.4. The van der Waals surface area contributed by atoms with Crippen molar-refractivity contribution in [1.29, 1.82) is 0 Å². The van der Waals surface area contributed by atoms with Crippen LogP contribution in [0.2, 0.25) is 0 Å². The quantitative estimate of drug-likeness (QED) is 0.332. The van der Waals surface area contributed by atoms with Gasteiger partial charge in [0.25, 0.3) is 0 Å². The fourth-order valence-corrected chi connectivity index (χ4v) is 5.37. The molecule has 1 fully saturated rings. The van der Waals surface area contributed by atoms with E-state index >= 15 is 0 Å². The van der Waals surface area contributed by atoms with Gasteiger partial charge in [-0.1, -0.05) is 56.7 Å². The van der Waals surface area contributed by atoms with Gasteiger partial charge in [-0.2, -0.15) is 9.97 Å². The Balaban J connectivity index is 1.28. The van der Waals surface area contributed by atoms with Gasteiger partial charge in [0.1, 0.15) is 0 Å². The highest BCUT2D eigenvalue weighted by Crippen LogP contribution is 2.33. The maximum absolute atomic E-state index is 13.0. The first-order valence-electron chi connectivity index (χ1n) is 14.7. The number of aromatic nitrogens is 4. The summed E-state index contributed by atoms with van der Waals surface area (Å²) in [6.45, 7) is 12.7. The molecule has 0 aliphatic carbocycles. The van der Waals surface area contributed by atoms with E-state index in [-0.39, 0.29) is 18.1 Å². The number of amides is 1. The van der Waals surface area contributed by atoms with Crippen molar-refractivity contribution >= 4 is 28.8 Å². The van der Waals surface area contributed by atoms with Crippen LogP contribution in [0.3, 0.4) is 0 Å². The van der Waals surface area contributed by atoms with E-state index in [1.807, 2.05) is 29.4 Å². The third-order valence-corrected chi connectivity index (χ3v) is 7.64. The van der Waals surface area contributed by atoms with Gasteiger partial charge < -0.3 is 29.2 Å². The average molecular weight is 570 g/mol. The Kier molecular flexibility index (Phi) is 7.62. The number of benzene rings is 2. The Morgan fingerprint density at radius 2 is 1.74 bits per heavy atom. The van der Waals surface area contributed by atoms with Crippen LogP contribution in [0.15, 0.2) is 48.8 Å². The number of rotatable bonds is 7. The molecule has 220 valence electrons. The summed E-state index contributed by atoms with van der Waals surface area (Å²) in [6, 6.07) is 14.5. The molecule has 0 atom stereocenters. The fraction of sp³-hybridized carbons (Fsp3) is 0.438. The van der Waals surface area contributed by atoms with Gasteiger partial charge in [0.05, 0.1) is 12.9 Å². The molecule has 4 heterocycles. The van der Waals surface area contributed by atoms with Crippen LogP contribution in [0, 0.1) is 12.3 Å². The molecule has 1 N–H and O–H groups in total. The van der Waals surface area contributed by atoms with E-state index in [1.165, 1.54) is 11.1 Å². The van der Waals surface area contributed by atoms with Gasteiger partial charge in [-0.3, -0.25) is 4.79 Å². The number of hydrogen-bond donors (Lipinski definition) is 1. The van der Waals surface area contributed by atoms with Gasteiger partial charge in [-0.15, -0.1) is 0 Å². The van der Waals surface area contributed by atoms with E-state index in [0.29, 0.717) is 44.4 Å². The topological polar surface area (TPSA) is 97.6 Å². The number of nitrogens with one attached hydrogen (secondary N) is 1. The van der Waals surface area contributed by atoms with Crippen molar-refractivity contribution in [2.75, 3.05) is 43.2 Å². The van der Waals surface area contributed by atoms with Crippen molar-refractivity contribution in [3.8, 4) is 11.5 Å². The lowest BCUT2D eigenvalue weighted by Crippen LogP contribution is -2.37. The summed E-state index contributed by atoms with van der Waals surface area (Å²) in [4.78, 5) is 31.9. The first kappa shape index (κ1) is 27.8. The highest BCUT2D eigenvalue weighted by Gasteiger charge is 2.25. The van der Waals surface area contributed by atoms with Crippen molar-refractivity contribution in [2.45, 2.75) is 53.6 Å². The van der Waals surface area contributed by atoms with Gasteiger partial charge in [0, 0.05) is 39.1 Å². The van der Waals surface area contributed by atoms with E-state index < -0.39 is 0 Å². The summed E-state index contributed by atoms with van der Waals surface area (Å²) in [7, 11) is 0. The normalized spacial score (nSPS) is 15.2. The molecular weight excluding hydrogens is 530 g/mol. The van der Waals surface area contributed by atoms with E-state index in [0.717, 1.165) is 47.7 Å². The van der Waals surface area contributed by atoms with Crippen molar-refractivity contribution in [3.63, 3.8) is 0 Å². The molecule has 0 spiro atoms. The highest BCUT2D eigenvalue weighted by molar-refractivity contribution is 5.84. The number of fused-ring (bicyclic) bond motifs is 2. The van der Waals surface area contributed by atoms with Crippen molar-refractivity contribution in [2.24, 2.45) is 5.41 Å². The number of hydrogen-bond acceptors (Lipinski definition) is 8. The summed E-state index contributed by atoms with van der Waals surface area (Å²) < 4.78 is 13.1. The SMILES string of the molecule is Cc1ccc(Cn2cnc3c(NCc4ccc5c(c4)OCO5)nc(N4CCCN(C(=O)CC(C)(C)C)CC4)nc32)cc1. The monoisotopic (exact) mass is 569 g/mol. The van der Waals surface area contributed by atoms with Crippen LogP contribution >= 0.6 is 0 Å². The van der Waals surface area contributed by atoms with Crippen LogP contribution in [0.1, 0.15) is 50.3 Å². The van der Waals surface area contributed by atoms with E-state index in [2.05, 4.69) is 66.7 Å². The molecule has 10 heteroatoms. The van der Waals surface area contributed by atoms with Gasteiger partial charge >= 0.3 is 0 Å². The number of carbonyl (C=O) groups is 1. The Morgan fingerprint density at radius 1 is 0.952 bits per heavy atom. The van der Waals surface area contributed by atoms with Crippen LogP contribution in [-0.2, 0) is 17.9 Å². The van der Waals surface area contributed by atoms with Crippen LogP contribution in [-0.4, -0.2) is 63.3 Å². The van der Waals surface area contributed by atoms with Crippen LogP contribution in [0.4, 0.5) is 11.8 Å². The van der Waals surface area contributed by atoms with Crippen LogP contribution < -0.4 is 19.7 Å². The van der Waals surface area contributed by atoms with Crippen LogP contribution in [0.25, 0.3) is 11.2 Å². The molecule has 2 aromatic carbocycles. The van der Waals surface area contributed by atoms with Gasteiger partial charge in [0.15, 0.2) is 28.5 Å². The zero-order valence-electron chi connectivity index (χ0n) is 24.9. The molecule has 2 aromatic heterocycles. The lowest BCUT2D eigenvalue weighted by atomic mass is 9.91. The Labute approximate surface area is 246 Å². The average Bonchev–Trinajstić information content (AvgIpc) is 3.51. The summed E-state index contributed by atoms with van der Waals surface area (Å²) in [5.74, 6) is 3.05. The van der Waals surface area contributed by atoms with E-state index in [4.69, 9.17) is 24.4 Å². The summed E-state index contributed by atoms with van der Waals surface area (Å²) in [5.41, 5.74) is 4.92. The minimum absolute atomic E-state index is 0.0361. The maximum Gasteiger partial charge on any atom is 0.231 e. The molecule has 1 saturated heterocycles. The number of ether oxygens (including phenoxy) is 2. The van der Waals surface area contributed by atoms with Gasteiger partial charge in [-0.25, -0.2) is 4.98 Å². The molecule has 2 aliphatic heterocycles. The van der Waals surface area contributed by atoms with Gasteiger partial charge in [0.2, 0.25) is 18.6 Å². The molecule has 2 aliphatic rings. The largest absolute Gasteiger partial charge is 0.454 e. The summed E-state index contributed by atoms with van der Waals surface area (Å²) in [6.07, 6.45) is 3.24. The highest BCUT2D eigenvalue weighted by atomic mass is 16.7. The third-order valence-electron chi connectivity index (χ3n) is 7.64. The first-order valence-corrected chi connectivity index (χ1v) is 14.7. The lowest BCUT2D eigenvalue weighted by Gasteiger charge is -2.26. The zero-order chi connectivity index (χ0) is 29.3. The molecule has 4 aromatic rings. The Hall–Kier alpha value is -4.34. The standard InChI is InChI=1S/C32H39N7O3/c1-22-6-8-23(9-7-22)19-39-20-34-28-29(33-18-24-10-11-25-26(16-24)42-21-41-25)35-31(36-30(28)39)38-13-5-12-37(14-15-38)27(40)17-32(2,3)4/h6-11,16,20H,5,12-15,17-19,21H2,1-4H3,(H,33,35,36). The predicted molar refractivity (Wildman–Crippen MR) is 163 cm³/mol. The molecule has 10 nitrogen and oxygen atoms in total. The van der Waals surface area contributed by atoms with Crippen molar-refractivity contribution in [1.82, 2.24) is 24.4 Å². The summed E-state index contributed by atoms with van der Waals surface area (Å²) >= 11 is 0. The fourth-order valence-electron chi connectivity index (χ4n) is 5.37. The molecule has 6 rings (SSSR count). The number of aryl methyl sites for hydroxylation is 1. The van der Waals surface area contributed by atoms with E-state index in [1.54, 1.807) is 0 Å². The number of carbonyl (C=O) groups excluding carboxylic acids is 1. The first-order chi connectivity index (χ1) is 20.2. The predicted octanol–water partition coefficient (Wildman–Crippen LogP) is 5.00. The number of imidazole rings is 1. The Bertz CT molecular complexity index is 1580.